The van der Waals surface area contributed by atoms with E-state index in [1.54, 1.807) is 24.3 Å². The molecule has 2 amide bonds. The predicted molar refractivity (Wildman–Crippen MR) is 116 cm³/mol. The molecule has 0 spiro atoms. The van der Waals surface area contributed by atoms with Crippen molar-refractivity contribution in [1.29, 1.82) is 0 Å². The van der Waals surface area contributed by atoms with Gasteiger partial charge in [-0.15, -0.1) is 0 Å². The van der Waals surface area contributed by atoms with E-state index in [0.717, 1.165) is 7.11 Å². The lowest BCUT2D eigenvalue weighted by Crippen LogP contribution is -2.57. The van der Waals surface area contributed by atoms with Gasteiger partial charge >= 0.3 is 6.18 Å². The molecule has 3 atom stereocenters. The van der Waals surface area contributed by atoms with Crippen LogP contribution in [0.15, 0.2) is 35.9 Å². The van der Waals surface area contributed by atoms with E-state index in [2.05, 4.69) is 5.32 Å². The van der Waals surface area contributed by atoms with Gasteiger partial charge in [0.15, 0.2) is 0 Å². The molecule has 1 aliphatic rings. The van der Waals surface area contributed by atoms with Crippen LogP contribution in [-0.4, -0.2) is 84.8 Å². The van der Waals surface area contributed by atoms with Crippen LogP contribution in [0.3, 0.4) is 0 Å². The van der Waals surface area contributed by atoms with Crippen molar-refractivity contribution in [2.45, 2.75) is 30.8 Å². The first-order valence-electron chi connectivity index (χ1n) is 9.61. The van der Waals surface area contributed by atoms with E-state index in [4.69, 9.17) is 14.6 Å². The van der Waals surface area contributed by atoms with Crippen molar-refractivity contribution in [3.63, 3.8) is 0 Å². The average molecular weight is 572 g/mol. The number of nitrogens with zero attached hydrogens (tertiary/aromatic N) is 1. The van der Waals surface area contributed by atoms with Crippen LogP contribution in [0.4, 0.5) is 13.2 Å². The molecule has 2 rings (SSSR count). The number of benzene rings is 1. The Balaban J connectivity index is 2.42. The highest BCUT2D eigenvalue weighted by Crippen LogP contribution is 2.31. The quantitative estimate of drug-likeness (QED) is 0.385. The van der Waals surface area contributed by atoms with Gasteiger partial charge < -0.3 is 29.9 Å². The topological polar surface area (TPSA) is 108 Å². The van der Waals surface area contributed by atoms with E-state index in [1.807, 2.05) is 22.6 Å². The molecule has 0 saturated heterocycles. The maximum atomic E-state index is 13.2. The molecular formula is C20H24F3IN2O6. The number of carbonyl (C=O) groups is 2. The minimum Gasteiger partial charge on any atom is -0.482 e. The highest BCUT2D eigenvalue weighted by Gasteiger charge is 2.44. The van der Waals surface area contributed by atoms with Gasteiger partial charge in [-0.05, 0) is 40.8 Å². The third kappa shape index (κ3) is 7.32. The molecule has 178 valence electrons. The van der Waals surface area contributed by atoms with Crippen molar-refractivity contribution in [3.8, 4) is 5.75 Å². The zero-order chi connectivity index (χ0) is 23.9. The molecule has 12 heteroatoms. The average Bonchev–Trinajstić information content (AvgIpc) is 2.73. The Morgan fingerprint density at radius 1 is 1.31 bits per heavy atom. The van der Waals surface area contributed by atoms with Crippen molar-refractivity contribution in [1.82, 2.24) is 10.2 Å². The van der Waals surface area contributed by atoms with Crippen LogP contribution in [-0.2, 0) is 14.3 Å². The van der Waals surface area contributed by atoms with Gasteiger partial charge in [0, 0.05) is 25.6 Å². The molecule has 0 aromatic heterocycles. The van der Waals surface area contributed by atoms with Gasteiger partial charge in [-0.2, -0.15) is 13.2 Å². The van der Waals surface area contributed by atoms with Crippen molar-refractivity contribution in [2.24, 2.45) is 0 Å². The maximum absolute atomic E-state index is 13.2. The molecule has 0 bridgehead atoms. The number of aliphatic hydroxyl groups excluding tert-OH is 2. The second-order valence-corrected chi connectivity index (χ2v) is 8.18. The smallest absolute Gasteiger partial charge is 0.406 e. The molecule has 0 unspecified atom stereocenters. The second kappa shape index (κ2) is 11.8. The summed E-state index contributed by atoms with van der Waals surface area (Å²) >= 11 is 1.99. The van der Waals surface area contributed by atoms with Crippen LogP contribution in [0.5, 0.6) is 5.75 Å². The number of alkyl halides is 3. The van der Waals surface area contributed by atoms with Gasteiger partial charge in [0.2, 0.25) is 11.8 Å². The van der Waals surface area contributed by atoms with Crippen LogP contribution in [0, 0.1) is 3.57 Å². The van der Waals surface area contributed by atoms with Gasteiger partial charge in [-0.3, -0.25) is 9.59 Å². The lowest BCUT2D eigenvalue weighted by atomic mass is 9.88. The van der Waals surface area contributed by atoms with E-state index >= 15 is 0 Å². The van der Waals surface area contributed by atoms with Gasteiger partial charge in [0.05, 0.1) is 16.2 Å². The van der Waals surface area contributed by atoms with Crippen LogP contribution in [0.1, 0.15) is 6.42 Å². The standard InChI is InChI=1S/C20H24F3IN2O6/c1-31-10-17(28)26(11-20(21,22)23)14-8-12(19(30)25-6-7-27)9-16(18(14)29)32-15-5-3-2-4-13(15)24/h2-5,9,14,16,18,27,29H,6-8,10-11H2,1H3,(H,25,30)/t14-,16+,18+/m1/s1. The molecule has 8 nitrogen and oxygen atoms in total. The summed E-state index contributed by atoms with van der Waals surface area (Å²) in [5.41, 5.74) is 0.0297. The first-order valence-corrected chi connectivity index (χ1v) is 10.7. The summed E-state index contributed by atoms with van der Waals surface area (Å²) in [5.74, 6) is -1.27. The lowest BCUT2D eigenvalue weighted by Gasteiger charge is -2.40. The van der Waals surface area contributed by atoms with Gasteiger partial charge in [0.25, 0.3) is 0 Å². The van der Waals surface area contributed by atoms with E-state index in [0.29, 0.717) is 14.2 Å². The number of carbonyl (C=O) groups excluding carboxylic acids is 2. The zero-order valence-electron chi connectivity index (χ0n) is 17.1. The number of hydrogen-bond donors (Lipinski definition) is 3. The third-order valence-electron chi connectivity index (χ3n) is 4.65. The molecule has 0 aliphatic heterocycles. The fraction of sp³-hybridized carbons (Fsp3) is 0.500. The summed E-state index contributed by atoms with van der Waals surface area (Å²) in [4.78, 5) is 25.4. The lowest BCUT2D eigenvalue weighted by molar-refractivity contribution is -0.174. The fourth-order valence-electron chi connectivity index (χ4n) is 3.26. The number of amides is 2. The Bertz CT molecular complexity index is 836. The molecule has 1 aliphatic carbocycles. The molecular weight excluding hydrogens is 548 g/mol. The summed E-state index contributed by atoms with van der Waals surface area (Å²) in [6.07, 6.45) is -6.51. The van der Waals surface area contributed by atoms with E-state index < -0.39 is 49.4 Å². The first-order chi connectivity index (χ1) is 15.1. The largest absolute Gasteiger partial charge is 0.482 e. The highest BCUT2D eigenvalue weighted by atomic mass is 127. The fourth-order valence-corrected chi connectivity index (χ4v) is 3.77. The molecule has 0 heterocycles. The van der Waals surface area contributed by atoms with E-state index in [1.165, 1.54) is 6.08 Å². The number of para-hydroxylation sites is 1. The Morgan fingerprint density at radius 3 is 2.59 bits per heavy atom. The Kier molecular flexibility index (Phi) is 9.73. The first kappa shape index (κ1) is 26.4. The van der Waals surface area contributed by atoms with Gasteiger partial charge in [-0.25, -0.2) is 0 Å². The van der Waals surface area contributed by atoms with Crippen molar-refractivity contribution < 1.29 is 42.4 Å². The Morgan fingerprint density at radius 2 is 2.00 bits per heavy atom. The van der Waals surface area contributed by atoms with Crippen molar-refractivity contribution >= 4 is 34.4 Å². The molecule has 1 aromatic rings. The number of hydrogen-bond acceptors (Lipinski definition) is 6. The molecule has 0 radical (unpaired) electrons. The number of halogens is 4. The number of nitrogens with one attached hydrogen (secondary N) is 1. The minimum atomic E-state index is -4.74. The molecule has 0 saturated carbocycles. The van der Waals surface area contributed by atoms with Crippen molar-refractivity contribution in [2.75, 3.05) is 33.4 Å². The van der Waals surface area contributed by atoms with Crippen molar-refractivity contribution in [3.05, 3.63) is 39.5 Å². The van der Waals surface area contributed by atoms with Crippen LogP contribution in [0.2, 0.25) is 0 Å². The number of aliphatic hydroxyl groups is 2. The van der Waals surface area contributed by atoms with E-state index in [9.17, 15) is 27.9 Å². The van der Waals surface area contributed by atoms with Crippen LogP contribution in [0.25, 0.3) is 0 Å². The molecule has 3 N–H and O–H groups in total. The normalized spacial score (nSPS) is 21.0. The molecule has 1 aromatic carbocycles. The van der Waals surface area contributed by atoms with Crippen LogP contribution >= 0.6 is 22.6 Å². The second-order valence-electron chi connectivity index (χ2n) is 7.02. The van der Waals surface area contributed by atoms with Gasteiger partial charge in [0.1, 0.15) is 31.1 Å². The van der Waals surface area contributed by atoms with Gasteiger partial charge in [-0.1, -0.05) is 12.1 Å². The number of rotatable bonds is 9. The number of methoxy groups -OCH3 is 1. The molecule has 0 fully saturated rings. The molecule has 32 heavy (non-hydrogen) atoms. The maximum Gasteiger partial charge on any atom is 0.406 e. The number of ether oxygens (including phenoxy) is 2. The third-order valence-corrected chi connectivity index (χ3v) is 5.54. The summed E-state index contributed by atoms with van der Waals surface area (Å²) in [7, 11) is 1.16. The Hall–Kier alpha value is -1.90. The summed E-state index contributed by atoms with van der Waals surface area (Å²) in [6.45, 7) is -2.66. The highest BCUT2D eigenvalue weighted by molar-refractivity contribution is 14.1. The Labute approximate surface area is 196 Å². The van der Waals surface area contributed by atoms with Crippen LogP contribution < -0.4 is 10.1 Å². The summed E-state index contributed by atoms with van der Waals surface area (Å²) in [5, 5.41) is 22.3. The van der Waals surface area contributed by atoms with E-state index in [-0.39, 0.29) is 25.1 Å². The SMILES string of the molecule is COCC(=O)N(CC(F)(F)F)[C@@H]1CC(C(=O)NCCO)=C[C@H](Oc2ccccc2I)[C@H]1O. The minimum absolute atomic E-state index is 0.0297. The predicted octanol–water partition coefficient (Wildman–Crippen LogP) is 1.24. The summed E-state index contributed by atoms with van der Waals surface area (Å²) in [6, 6.07) is 5.39. The summed E-state index contributed by atoms with van der Waals surface area (Å²) < 4.78 is 50.9. The zero-order valence-corrected chi connectivity index (χ0v) is 19.3. The monoisotopic (exact) mass is 572 g/mol.